The van der Waals surface area contributed by atoms with Crippen molar-refractivity contribution >= 4 is 15.9 Å². The molecule has 0 aliphatic carbocycles. The molecule has 0 radical (unpaired) electrons. The Balaban J connectivity index is 1.75. The highest BCUT2D eigenvalue weighted by Gasteiger charge is 2.08. The van der Waals surface area contributed by atoms with E-state index in [9.17, 15) is 0 Å². The Morgan fingerprint density at radius 1 is 0.619 bits per heavy atom. The molecule has 104 valence electrons. The van der Waals surface area contributed by atoms with Crippen molar-refractivity contribution in [1.82, 2.24) is 0 Å². The van der Waals surface area contributed by atoms with E-state index in [-0.39, 0.29) is 0 Å². The van der Waals surface area contributed by atoms with Crippen LogP contribution in [0.25, 0.3) is 11.1 Å². The summed E-state index contributed by atoms with van der Waals surface area (Å²) in [7, 11) is 0. The van der Waals surface area contributed by atoms with Gasteiger partial charge in [0.1, 0.15) is 0 Å². The van der Waals surface area contributed by atoms with Crippen molar-refractivity contribution in [3.63, 3.8) is 0 Å². The van der Waals surface area contributed by atoms with Crippen LogP contribution in [0.5, 0.6) is 0 Å². The Labute approximate surface area is 134 Å². The Morgan fingerprint density at radius 2 is 1.14 bits per heavy atom. The van der Waals surface area contributed by atoms with Crippen LogP contribution in [0, 0.1) is 0 Å². The van der Waals surface area contributed by atoms with E-state index in [0.717, 1.165) is 6.42 Å². The zero-order valence-electron chi connectivity index (χ0n) is 11.7. The van der Waals surface area contributed by atoms with Gasteiger partial charge in [-0.2, -0.15) is 0 Å². The van der Waals surface area contributed by atoms with Crippen molar-refractivity contribution in [3.05, 3.63) is 96.1 Å². The molecule has 0 amide bonds. The molecule has 0 nitrogen and oxygen atoms in total. The van der Waals surface area contributed by atoms with Gasteiger partial charge in [-0.1, -0.05) is 101 Å². The second-order valence-corrected chi connectivity index (χ2v) is 6.25. The maximum absolute atomic E-state index is 3.80. The third kappa shape index (κ3) is 3.62. The molecule has 0 aromatic heterocycles. The van der Waals surface area contributed by atoms with E-state index in [2.05, 4.69) is 94.8 Å². The first kappa shape index (κ1) is 14.1. The number of hydrogen-bond donors (Lipinski definition) is 0. The molecule has 1 atom stereocenters. The van der Waals surface area contributed by atoms with Crippen LogP contribution < -0.4 is 0 Å². The highest BCUT2D eigenvalue weighted by Crippen LogP contribution is 2.29. The van der Waals surface area contributed by atoms with Crippen molar-refractivity contribution in [3.8, 4) is 11.1 Å². The van der Waals surface area contributed by atoms with Crippen LogP contribution >= 0.6 is 15.9 Å². The molecule has 0 N–H and O–H groups in total. The zero-order valence-corrected chi connectivity index (χ0v) is 13.3. The highest BCUT2D eigenvalue weighted by atomic mass is 79.9. The van der Waals surface area contributed by atoms with Gasteiger partial charge in [0.05, 0.1) is 0 Å². The van der Waals surface area contributed by atoms with E-state index >= 15 is 0 Å². The number of halogens is 1. The monoisotopic (exact) mass is 336 g/mol. The maximum atomic E-state index is 3.80. The Hall–Kier alpha value is -1.86. The normalized spacial score (nSPS) is 12.0. The molecule has 3 aromatic rings. The third-order valence-corrected chi connectivity index (χ3v) is 4.49. The van der Waals surface area contributed by atoms with E-state index in [1.165, 1.54) is 22.3 Å². The van der Waals surface area contributed by atoms with E-state index < -0.39 is 0 Å². The molecule has 1 heteroatoms. The number of benzene rings is 3. The summed E-state index contributed by atoms with van der Waals surface area (Å²) in [5.74, 6) is 0. The fourth-order valence-electron chi connectivity index (χ4n) is 2.45. The summed E-state index contributed by atoms with van der Waals surface area (Å²) in [4.78, 5) is 0.352. The van der Waals surface area contributed by atoms with Gasteiger partial charge in [-0.25, -0.2) is 0 Å². The van der Waals surface area contributed by atoms with Gasteiger partial charge in [0, 0.05) is 4.83 Å². The predicted octanol–water partition coefficient (Wildman–Crippen LogP) is 6.03. The summed E-state index contributed by atoms with van der Waals surface area (Å²) in [6, 6.07) is 29.9. The van der Waals surface area contributed by atoms with Gasteiger partial charge in [0.25, 0.3) is 0 Å². The minimum absolute atomic E-state index is 0.352. The smallest absolute Gasteiger partial charge is 0.0435 e. The molecular formula is C20H17Br. The molecule has 1 unspecified atom stereocenters. The average molecular weight is 337 g/mol. The lowest BCUT2D eigenvalue weighted by Crippen LogP contribution is -1.95. The van der Waals surface area contributed by atoms with Crippen molar-refractivity contribution in [2.45, 2.75) is 11.2 Å². The van der Waals surface area contributed by atoms with E-state index in [1.807, 2.05) is 6.07 Å². The number of alkyl halides is 1. The fourth-order valence-corrected chi connectivity index (χ4v) is 3.13. The van der Waals surface area contributed by atoms with Crippen LogP contribution in [0.15, 0.2) is 84.9 Å². The molecule has 0 fully saturated rings. The summed E-state index contributed by atoms with van der Waals surface area (Å²) >= 11 is 3.80. The fraction of sp³-hybridized carbons (Fsp3) is 0.100. The van der Waals surface area contributed by atoms with Gasteiger partial charge >= 0.3 is 0 Å². The predicted molar refractivity (Wildman–Crippen MR) is 93.7 cm³/mol. The van der Waals surface area contributed by atoms with Crippen LogP contribution in [0.1, 0.15) is 16.0 Å². The minimum atomic E-state index is 0.352. The first-order valence-electron chi connectivity index (χ1n) is 7.16. The number of hydrogen-bond acceptors (Lipinski definition) is 0. The second-order valence-electron chi connectivity index (χ2n) is 5.15. The van der Waals surface area contributed by atoms with Gasteiger partial charge in [0.15, 0.2) is 0 Å². The Morgan fingerprint density at radius 3 is 1.76 bits per heavy atom. The van der Waals surface area contributed by atoms with Crippen molar-refractivity contribution < 1.29 is 0 Å². The second kappa shape index (κ2) is 6.73. The molecule has 0 saturated heterocycles. The van der Waals surface area contributed by atoms with Gasteiger partial charge in [-0.05, 0) is 28.7 Å². The minimum Gasteiger partial charge on any atom is -0.0835 e. The van der Waals surface area contributed by atoms with Gasteiger partial charge in [-0.3, -0.25) is 0 Å². The summed E-state index contributed by atoms with van der Waals surface area (Å²) < 4.78 is 0. The van der Waals surface area contributed by atoms with E-state index in [1.54, 1.807) is 0 Å². The third-order valence-electron chi connectivity index (χ3n) is 3.64. The average Bonchev–Trinajstić information content (AvgIpc) is 2.57. The largest absolute Gasteiger partial charge is 0.0835 e. The summed E-state index contributed by atoms with van der Waals surface area (Å²) in [5.41, 5.74) is 5.20. The molecule has 0 aliphatic rings. The molecule has 0 bridgehead atoms. The molecule has 21 heavy (non-hydrogen) atoms. The molecule has 3 rings (SSSR count). The number of rotatable bonds is 4. The van der Waals surface area contributed by atoms with Gasteiger partial charge < -0.3 is 0 Å². The van der Waals surface area contributed by atoms with Crippen LogP contribution in [-0.2, 0) is 6.42 Å². The lowest BCUT2D eigenvalue weighted by atomic mass is 10.0. The van der Waals surface area contributed by atoms with Gasteiger partial charge in [0.2, 0.25) is 0 Å². The highest BCUT2D eigenvalue weighted by molar-refractivity contribution is 9.09. The van der Waals surface area contributed by atoms with Crippen LogP contribution in [-0.4, -0.2) is 0 Å². The summed E-state index contributed by atoms with van der Waals surface area (Å²) in [5, 5.41) is 0. The van der Waals surface area contributed by atoms with Crippen molar-refractivity contribution in [2.24, 2.45) is 0 Å². The van der Waals surface area contributed by atoms with Crippen molar-refractivity contribution in [1.29, 1.82) is 0 Å². The lowest BCUT2D eigenvalue weighted by Gasteiger charge is -2.11. The van der Waals surface area contributed by atoms with Crippen LogP contribution in [0.2, 0.25) is 0 Å². The quantitative estimate of drug-likeness (QED) is 0.510. The van der Waals surface area contributed by atoms with E-state index in [4.69, 9.17) is 0 Å². The molecule has 0 saturated carbocycles. The Kier molecular flexibility index (Phi) is 4.52. The molecule has 3 aromatic carbocycles. The molecular weight excluding hydrogens is 320 g/mol. The Bertz CT molecular complexity index is 672. The summed E-state index contributed by atoms with van der Waals surface area (Å²) in [6.45, 7) is 0. The van der Waals surface area contributed by atoms with E-state index in [0.29, 0.717) is 4.83 Å². The van der Waals surface area contributed by atoms with Crippen molar-refractivity contribution in [2.75, 3.05) is 0 Å². The van der Waals surface area contributed by atoms with Crippen LogP contribution in [0.3, 0.4) is 0 Å². The maximum Gasteiger partial charge on any atom is 0.0435 e. The topological polar surface area (TPSA) is 0 Å². The molecule has 0 spiro atoms. The molecule has 0 aliphatic heterocycles. The first-order chi connectivity index (χ1) is 10.3. The summed E-state index contributed by atoms with van der Waals surface area (Å²) in [6.07, 6.45) is 1.01. The molecule has 0 heterocycles. The zero-order chi connectivity index (χ0) is 14.5. The SMILES string of the molecule is BrC(Cc1ccccc1)c1ccc(-c2ccccc2)cc1. The first-order valence-corrected chi connectivity index (χ1v) is 8.08. The lowest BCUT2D eigenvalue weighted by molar-refractivity contribution is 0.949. The van der Waals surface area contributed by atoms with Gasteiger partial charge in [-0.15, -0.1) is 0 Å². The van der Waals surface area contributed by atoms with Crippen LogP contribution in [0.4, 0.5) is 0 Å². The standard InChI is InChI=1S/C20H17Br/c21-20(15-16-7-3-1-4-8-16)19-13-11-18(12-14-19)17-9-5-2-6-10-17/h1-14,20H,15H2.